The van der Waals surface area contributed by atoms with Crippen molar-refractivity contribution in [1.29, 1.82) is 0 Å². The zero-order valence-electron chi connectivity index (χ0n) is 12.5. The molecule has 2 N–H and O–H groups in total. The van der Waals surface area contributed by atoms with Crippen LogP contribution in [-0.2, 0) is 9.53 Å². The molecule has 4 nitrogen and oxygen atoms in total. The maximum atomic E-state index is 11.9. The highest BCUT2D eigenvalue weighted by atomic mass is 16.5. The second kappa shape index (κ2) is 5.80. The van der Waals surface area contributed by atoms with Crippen molar-refractivity contribution in [1.82, 2.24) is 4.90 Å². The summed E-state index contributed by atoms with van der Waals surface area (Å²) in [6.45, 7) is 5.63. The van der Waals surface area contributed by atoms with Gasteiger partial charge in [0.2, 0.25) is 0 Å². The van der Waals surface area contributed by atoms with E-state index in [4.69, 9.17) is 10.5 Å². The fraction of sp³-hybridized carbons (Fsp3) is 0.933. The summed E-state index contributed by atoms with van der Waals surface area (Å²) in [5, 5.41) is 0. The molecule has 4 heteroatoms. The predicted octanol–water partition coefficient (Wildman–Crippen LogP) is 1.92. The number of rotatable bonds is 5. The van der Waals surface area contributed by atoms with Gasteiger partial charge in [-0.05, 0) is 44.4 Å². The number of carbonyl (C=O) groups is 1. The van der Waals surface area contributed by atoms with Crippen molar-refractivity contribution in [3.63, 3.8) is 0 Å². The van der Waals surface area contributed by atoms with Crippen LogP contribution in [-0.4, -0.2) is 42.1 Å². The average molecular weight is 268 g/mol. The van der Waals surface area contributed by atoms with Crippen LogP contribution >= 0.6 is 0 Å². The topological polar surface area (TPSA) is 55.6 Å². The highest BCUT2D eigenvalue weighted by Gasteiger charge is 2.44. The molecule has 19 heavy (non-hydrogen) atoms. The quantitative estimate of drug-likeness (QED) is 0.774. The number of esters is 1. The normalized spacial score (nSPS) is 31.8. The first-order valence-corrected chi connectivity index (χ1v) is 7.59. The average Bonchev–Trinajstić information content (AvgIpc) is 3.19. The van der Waals surface area contributed by atoms with E-state index in [0.717, 1.165) is 31.8 Å². The summed E-state index contributed by atoms with van der Waals surface area (Å²) in [5.74, 6) is 0.422. The fourth-order valence-corrected chi connectivity index (χ4v) is 3.37. The van der Waals surface area contributed by atoms with Crippen LogP contribution in [0.2, 0.25) is 0 Å². The lowest BCUT2D eigenvalue weighted by molar-refractivity contribution is -0.149. The summed E-state index contributed by atoms with van der Waals surface area (Å²) in [5.41, 5.74) is 5.53. The van der Waals surface area contributed by atoms with Gasteiger partial charge in [0.1, 0.15) is 5.54 Å². The van der Waals surface area contributed by atoms with Crippen molar-refractivity contribution in [2.24, 2.45) is 11.7 Å². The first kappa shape index (κ1) is 14.8. The molecule has 0 aromatic rings. The number of carbonyl (C=O) groups excluding carboxylic acids is 1. The molecule has 0 spiro atoms. The molecule has 2 saturated carbocycles. The summed E-state index contributed by atoms with van der Waals surface area (Å²) in [4.78, 5) is 14.5. The minimum Gasteiger partial charge on any atom is -0.468 e. The van der Waals surface area contributed by atoms with Crippen LogP contribution in [0, 0.1) is 5.92 Å². The largest absolute Gasteiger partial charge is 0.468 e. The van der Waals surface area contributed by atoms with Crippen molar-refractivity contribution in [3.8, 4) is 0 Å². The van der Waals surface area contributed by atoms with Gasteiger partial charge in [0.05, 0.1) is 7.11 Å². The van der Waals surface area contributed by atoms with E-state index in [-0.39, 0.29) is 5.97 Å². The highest BCUT2D eigenvalue weighted by molar-refractivity contribution is 5.80. The van der Waals surface area contributed by atoms with Gasteiger partial charge in [0.15, 0.2) is 0 Å². The van der Waals surface area contributed by atoms with Crippen molar-refractivity contribution in [2.75, 3.05) is 13.7 Å². The summed E-state index contributed by atoms with van der Waals surface area (Å²) >= 11 is 0. The number of nitrogens with zero attached hydrogens (tertiary/aromatic N) is 1. The van der Waals surface area contributed by atoms with E-state index >= 15 is 0 Å². The first-order chi connectivity index (χ1) is 8.96. The van der Waals surface area contributed by atoms with Gasteiger partial charge in [-0.2, -0.15) is 0 Å². The van der Waals surface area contributed by atoms with E-state index in [9.17, 15) is 4.79 Å². The van der Waals surface area contributed by atoms with Crippen LogP contribution in [0.3, 0.4) is 0 Å². The molecule has 2 unspecified atom stereocenters. The number of hydrogen-bond acceptors (Lipinski definition) is 4. The Balaban J connectivity index is 2.04. The van der Waals surface area contributed by atoms with Gasteiger partial charge < -0.3 is 10.5 Å². The lowest BCUT2D eigenvalue weighted by Gasteiger charge is -2.42. The Bertz CT molecular complexity index is 328. The van der Waals surface area contributed by atoms with E-state index in [1.54, 1.807) is 0 Å². The number of methoxy groups -OCH3 is 1. The van der Waals surface area contributed by atoms with Crippen LogP contribution in [0.15, 0.2) is 0 Å². The van der Waals surface area contributed by atoms with Gasteiger partial charge in [0, 0.05) is 18.6 Å². The molecule has 0 aliphatic heterocycles. The van der Waals surface area contributed by atoms with Gasteiger partial charge in [0.25, 0.3) is 0 Å². The van der Waals surface area contributed by atoms with Crippen LogP contribution in [0.25, 0.3) is 0 Å². The summed E-state index contributed by atoms with van der Waals surface area (Å²) in [7, 11) is 1.44. The molecule has 0 aromatic carbocycles. The molecular weight excluding hydrogens is 240 g/mol. The summed E-state index contributed by atoms with van der Waals surface area (Å²) in [6.07, 6.45) is 6.31. The zero-order valence-corrected chi connectivity index (χ0v) is 12.5. The molecule has 0 radical (unpaired) electrons. The van der Waals surface area contributed by atoms with E-state index < -0.39 is 5.54 Å². The minimum atomic E-state index is -0.762. The smallest absolute Gasteiger partial charge is 0.325 e. The molecule has 2 rings (SSSR count). The van der Waals surface area contributed by atoms with E-state index in [1.165, 1.54) is 26.4 Å². The predicted molar refractivity (Wildman–Crippen MR) is 75.8 cm³/mol. The van der Waals surface area contributed by atoms with Crippen LogP contribution < -0.4 is 5.73 Å². The van der Waals surface area contributed by atoms with Gasteiger partial charge >= 0.3 is 5.97 Å². The van der Waals surface area contributed by atoms with Crippen LogP contribution in [0.1, 0.15) is 52.4 Å². The Hall–Kier alpha value is -0.610. The molecular formula is C15H28N2O2. The third kappa shape index (κ3) is 3.48. The molecule has 0 amide bonds. The molecule has 2 aliphatic rings. The van der Waals surface area contributed by atoms with Gasteiger partial charge in [-0.15, -0.1) is 0 Å². The van der Waals surface area contributed by atoms with E-state index in [1.807, 2.05) is 0 Å². The molecule has 0 saturated heterocycles. The molecule has 2 atom stereocenters. The zero-order chi connectivity index (χ0) is 14.0. The van der Waals surface area contributed by atoms with Crippen LogP contribution in [0.5, 0.6) is 0 Å². The van der Waals surface area contributed by atoms with Crippen molar-refractivity contribution >= 4 is 5.97 Å². The van der Waals surface area contributed by atoms with Gasteiger partial charge in [-0.3, -0.25) is 9.69 Å². The Morgan fingerprint density at radius 1 is 1.37 bits per heavy atom. The summed E-state index contributed by atoms with van der Waals surface area (Å²) in [6, 6.07) is 1.18. The monoisotopic (exact) mass is 268 g/mol. The number of ether oxygens (including phenoxy) is 1. The lowest BCUT2D eigenvalue weighted by atomic mass is 9.79. The third-order valence-electron chi connectivity index (χ3n) is 4.41. The molecule has 2 aliphatic carbocycles. The SMILES string of the molecule is COC(=O)C1(N)CCCC(N(CC(C)C)C2CC2)C1. The second-order valence-electron chi connectivity index (χ2n) is 6.72. The number of nitrogens with two attached hydrogens (primary N) is 1. The Morgan fingerprint density at radius 3 is 2.58 bits per heavy atom. The van der Waals surface area contributed by atoms with Gasteiger partial charge in [-0.25, -0.2) is 0 Å². The maximum absolute atomic E-state index is 11.9. The van der Waals surface area contributed by atoms with E-state index in [2.05, 4.69) is 18.7 Å². The second-order valence-corrected chi connectivity index (χ2v) is 6.72. The van der Waals surface area contributed by atoms with Crippen molar-refractivity contribution < 1.29 is 9.53 Å². The summed E-state index contributed by atoms with van der Waals surface area (Å²) < 4.78 is 4.90. The molecule has 0 bridgehead atoms. The van der Waals surface area contributed by atoms with Crippen molar-refractivity contribution in [2.45, 2.75) is 70.0 Å². The minimum absolute atomic E-state index is 0.238. The Labute approximate surface area is 116 Å². The fourth-order valence-electron chi connectivity index (χ4n) is 3.37. The van der Waals surface area contributed by atoms with Crippen molar-refractivity contribution in [3.05, 3.63) is 0 Å². The molecule has 0 aromatic heterocycles. The standard InChI is InChI=1S/C15H28N2O2/c1-11(2)10-17(12-6-7-12)13-5-4-8-15(16,9-13)14(18)19-3/h11-13H,4-10,16H2,1-3H3. The number of hydrogen-bond donors (Lipinski definition) is 1. The Kier molecular flexibility index (Phi) is 4.51. The maximum Gasteiger partial charge on any atom is 0.325 e. The first-order valence-electron chi connectivity index (χ1n) is 7.59. The third-order valence-corrected chi connectivity index (χ3v) is 4.41. The molecule has 2 fully saturated rings. The van der Waals surface area contributed by atoms with Crippen LogP contribution in [0.4, 0.5) is 0 Å². The lowest BCUT2D eigenvalue weighted by Crippen LogP contribution is -2.56. The Morgan fingerprint density at radius 2 is 2.05 bits per heavy atom. The highest BCUT2D eigenvalue weighted by Crippen LogP contribution is 2.37. The molecule has 110 valence electrons. The van der Waals surface area contributed by atoms with Gasteiger partial charge in [-0.1, -0.05) is 13.8 Å². The molecule has 0 heterocycles. The van der Waals surface area contributed by atoms with E-state index in [0.29, 0.717) is 12.0 Å².